The molecule has 3 aromatic carbocycles. The van der Waals surface area contributed by atoms with Gasteiger partial charge in [-0.25, -0.2) is 8.42 Å². The van der Waals surface area contributed by atoms with Crippen molar-refractivity contribution in [2.24, 2.45) is 0 Å². The number of nitrogens with one attached hydrogen (secondary N) is 1. The summed E-state index contributed by atoms with van der Waals surface area (Å²) in [7, 11) is -4.13. The highest BCUT2D eigenvalue weighted by molar-refractivity contribution is 7.92. The molecule has 0 heterocycles. The van der Waals surface area contributed by atoms with Gasteiger partial charge in [0, 0.05) is 18.1 Å². The van der Waals surface area contributed by atoms with Gasteiger partial charge >= 0.3 is 0 Å². The summed E-state index contributed by atoms with van der Waals surface area (Å²) >= 11 is 6.17. The Bertz CT molecular complexity index is 1420. The van der Waals surface area contributed by atoms with E-state index in [-0.39, 0.29) is 17.3 Å². The molecule has 214 valence electrons. The summed E-state index contributed by atoms with van der Waals surface area (Å²) in [6, 6.07) is 18.2. The number of halogens is 1. The number of rotatable bonds is 12. The van der Waals surface area contributed by atoms with Crippen molar-refractivity contribution in [1.29, 1.82) is 0 Å². The van der Waals surface area contributed by atoms with E-state index >= 15 is 0 Å². The zero-order chi connectivity index (χ0) is 29.4. The second-order valence-corrected chi connectivity index (χ2v) is 12.4. The van der Waals surface area contributed by atoms with Gasteiger partial charge in [-0.1, -0.05) is 72.5 Å². The van der Waals surface area contributed by atoms with Crippen molar-refractivity contribution >= 4 is 39.1 Å². The zero-order valence-electron chi connectivity index (χ0n) is 23.8. The van der Waals surface area contributed by atoms with Crippen LogP contribution in [0.25, 0.3) is 0 Å². The lowest BCUT2D eigenvalue weighted by molar-refractivity contribution is -0.139. The quantitative estimate of drug-likeness (QED) is 0.273. The van der Waals surface area contributed by atoms with Crippen molar-refractivity contribution in [3.63, 3.8) is 0 Å². The highest BCUT2D eigenvalue weighted by Gasteiger charge is 2.33. The second-order valence-electron chi connectivity index (χ2n) is 10.1. The molecular formula is C31H38ClN3O4S. The lowest BCUT2D eigenvalue weighted by atomic mass is 10.1. The van der Waals surface area contributed by atoms with Gasteiger partial charge in [0.05, 0.1) is 10.6 Å². The van der Waals surface area contributed by atoms with Crippen LogP contribution < -0.4 is 9.62 Å². The zero-order valence-corrected chi connectivity index (χ0v) is 25.3. The van der Waals surface area contributed by atoms with Crippen LogP contribution in [0.4, 0.5) is 5.69 Å². The Hall–Kier alpha value is -3.36. The number of hydrogen-bond donors (Lipinski definition) is 1. The average molecular weight is 584 g/mol. The summed E-state index contributed by atoms with van der Waals surface area (Å²) in [4.78, 5) is 28.6. The van der Waals surface area contributed by atoms with Crippen LogP contribution in [0.2, 0.25) is 5.02 Å². The van der Waals surface area contributed by atoms with Crippen LogP contribution in [0, 0.1) is 20.8 Å². The molecule has 0 aromatic heterocycles. The molecule has 0 unspecified atom stereocenters. The monoisotopic (exact) mass is 583 g/mol. The maximum absolute atomic E-state index is 14.0. The van der Waals surface area contributed by atoms with Gasteiger partial charge in [-0.3, -0.25) is 13.9 Å². The first-order valence-corrected chi connectivity index (χ1v) is 15.2. The van der Waals surface area contributed by atoms with Crippen LogP contribution in [0.5, 0.6) is 0 Å². The summed E-state index contributed by atoms with van der Waals surface area (Å²) in [5.74, 6) is -0.784. The number of sulfonamides is 1. The van der Waals surface area contributed by atoms with Gasteiger partial charge in [0.2, 0.25) is 11.8 Å². The van der Waals surface area contributed by atoms with Crippen molar-refractivity contribution in [1.82, 2.24) is 10.2 Å². The summed E-state index contributed by atoms with van der Waals surface area (Å²) < 4.78 is 29.0. The summed E-state index contributed by atoms with van der Waals surface area (Å²) in [5, 5.41) is 3.35. The Labute approximate surface area is 243 Å². The summed E-state index contributed by atoms with van der Waals surface area (Å²) in [5.41, 5.74) is 3.76. The largest absolute Gasteiger partial charge is 0.354 e. The number of amides is 2. The first-order chi connectivity index (χ1) is 18.9. The lowest BCUT2D eigenvalue weighted by Crippen LogP contribution is -2.51. The second kappa shape index (κ2) is 13.8. The molecule has 7 nitrogen and oxygen atoms in total. The van der Waals surface area contributed by atoms with Gasteiger partial charge in [-0.2, -0.15) is 0 Å². The fourth-order valence-electron chi connectivity index (χ4n) is 4.26. The first-order valence-electron chi connectivity index (χ1n) is 13.4. The molecule has 0 saturated carbocycles. The molecule has 0 aliphatic rings. The Morgan fingerprint density at radius 2 is 1.52 bits per heavy atom. The number of hydrogen-bond acceptors (Lipinski definition) is 4. The van der Waals surface area contributed by atoms with Crippen molar-refractivity contribution in [2.75, 3.05) is 17.4 Å². The number of anilines is 1. The molecular weight excluding hydrogens is 546 g/mol. The van der Waals surface area contributed by atoms with Crippen LogP contribution >= 0.6 is 11.6 Å². The van der Waals surface area contributed by atoms with Crippen molar-refractivity contribution in [3.8, 4) is 0 Å². The number of benzene rings is 3. The molecule has 9 heteroatoms. The van der Waals surface area contributed by atoms with Crippen LogP contribution in [-0.2, 0) is 26.2 Å². The predicted octanol–water partition coefficient (Wildman–Crippen LogP) is 5.79. The van der Waals surface area contributed by atoms with E-state index in [9.17, 15) is 18.0 Å². The normalized spacial score (nSPS) is 12.1. The maximum Gasteiger partial charge on any atom is 0.264 e. The van der Waals surface area contributed by atoms with Gasteiger partial charge in [0.15, 0.2) is 0 Å². The standard InChI is InChI=1S/C31H38ClN3O4S/c1-6-7-18-33-31(37)25(5)34(20-26-12-8-22(2)9-13-26)30(36)21-35(29-17-14-27(32)19-24(29)4)40(38,39)28-15-10-23(3)11-16-28/h8-17,19,25H,6-7,18,20-21H2,1-5H3,(H,33,37)/t25-/m0/s1. The number of carbonyl (C=O) groups excluding carboxylic acids is 2. The third-order valence-corrected chi connectivity index (χ3v) is 8.79. The molecule has 0 spiro atoms. The third kappa shape index (κ3) is 7.86. The number of carbonyl (C=O) groups is 2. The van der Waals surface area contributed by atoms with Crippen LogP contribution in [-0.4, -0.2) is 44.3 Å². The van der Waals surface area contributed by atoms with Crippen molar-refractivity contribution in [3.05, 3.63) is 94.0 Å². The predicted molar refractivity (Wildman–Crippen MR) is 161 cm³/mol. The Morgan fingerprint density at radius 1 is 0.925 bits per heavy atom. The SMILES string of the molecule is CCCCNC(=O)[C@H](C)N(Cc1ccc(C)cc1)C(=O)CN(c1ccc(Cl)cc1C)S(=O)(=O)c1ccc(C)cc1. The van der Waals surface area contributed by atoms with Gasteiger partial charge in [0.1, 0.15) is 12.6 Å². The maximum atomic E-state index is 14.0. The molecule has 0 radical (unpaired) electrons. The van der Waals surface area contributed by atoms with E-state index in [2.05, 4.69) is 5.32 Å². The molecule has 0 saturated heterocycles. The third-order valence-electron chi connectivity index (χ3n) is 6.79. The minimum Gasteiger partial charge on any atom is -0.354 e. The van der Waals surface area contributed by atoms with Gasteiger partial charge in [-0.05, 0) is 75.6 Å². The molecule has 2 amide bonds. The van der Waals surface area contributed by atoms with E-state index in [1.54, 1.807) is 44.2 Å². The fourth-order valence-corrected chi connectivity index (χ4v) is 5.96. The molecule has 0 aliphatic carbocycles. The van der Waals surface area contributed by atoms with Crippen LogP contribution in [0.3, 0.4) is 0 Å². The van der Waals surface area contributed by atoms with Crippen LogP contribution in [0.15, 0.2) is 71.6 Å². The smallest absolute Gasteiger partial charge is 0.264 e. The van der Waals surface area contributed by atoms with Crippen molar-refractivity contribution in [2.45, 2.75) is 64.9 Å². The molecule has 1 atom stereocenters. The van der Waals surface area contributed by atoms with Gasteiger partial charge in [0.25, 0.3) is 10.0 Å². The fraction of sp³-hybridized carbons (Fsp3) is 0.355. The first kappa shape index (κ1) is 31.2. The van der Waals surface area contributed by atoms with Gasteiger partial charge in [-0.15, -0.1) is 0 Å². The number of unbranched alkanes of at least 4 members (excludes halogenated alkanes) is 1. The average Bonchev–Trinajstić information content (AvgIpc) is 2.91. The summed E-state index contributed by atoms with van der Waals surface area (Å²) in [6.07, 6.45) is 1.75. The van der Waals surface area contributed by atoms with E-state index in [0.29, 0.717) is 22.8 Å². The van der Waals surface area contributed by atoms with E-state index in [0.717, 1.165) is 33.8 Å². The van der Waals surface area contributed by atoms with Crippen LogP contribution in [0.1, 0.15) is 48.9 Å². The van der Waals surface area contributed by atoms with E-state index < -0.39 is 28.5 Å². The molecule has 1 N–H and O–H groups in total. The topological polar surface area (TPSA) is 86.8 Å². The van der Waals surface area contributed by atoms with E-state index in [4.69, 9.17) is 11.6 Å². The summed E-state index contributed by atoms with van der Waals surface area (Å²) in [6.45, 7) is 9.46. The molecule has 3 aromatic rings. The molecule has 0 fully saturated rings. The van der Waals surface area contributed by atoms with Crippen molar-refractivity contribution < 1.29 is 18.0 Å². The highest BCUT2D eigenvalue weighted by Crippen LogP contribution is 2.29. The lowest BCUT2D eigenvalue weighted by Gasteiger charge is -2.32. The van der Waals surface area contributed by atoms with E-state index in [1.807, 2.05) is 45.0 Å². The highest BCUT2D eigenvalue weighted by atomic mass is 35.5. The molecule has 0 aliphatic heterocycles. The molecule has 3 rings (SSSR count). The molecule has 0 bridgehead atoms. The Kier molecular flexibility index (Phi) is 10.8. The van der Waals surface area contributed by atoms with Gasteiger partial charge < -0.3 is 10.2 Å². The number of aryl methyl sites for hydroxylation is 3. The Morgan fingerprint density at radius 3 is 2.10 bits per heavy atom. The number of nitrogens with zero attached hydrogens (tertiary/aromatic N) is 2. The molecule has 40 heavy (non-hydrogen) atoms. The minimum absolute atomic E-state index is 0.0655. The Balaban J connectivity index is 2.03. The minimum atomic E-state index is -4.13. The van der Waals surface area contributed by atoms with E-state index in [1.165, 1.54) is 17.0 Å².